The molecule has 0 saturated carbocycles. The molecule has 0 rings (SSSR count). The Kier molecular flexibility index (Phi) is 90.8. The maximum Gasteiger partial charge on any atom is 0.511 e. The highest BCUT2D eigenvalue weighted by molar-refractivity contribution is 5.73. The van der Waals surface area contributed by atoms with Gasteiger partial charge in [-0.05, 0) is 78.1 Å². The Morgan fingerprint density at radius 2 is 0.310 bits per heavy atom. The number of hydrogen-bond acceptors (Lipinski definition) is 30. The summed E-state index contributed by atoms with van der Waals surface area (Å²) in [5, 5.41) is 16.5. The average Bonchev–Trinajstić information content (AvgIpc) is 1.07. The van der Waals surface area contributed by atoms with Gasteiger partial charge in [0.2, 0.25) is 40.8 Å². The van der Waals surface area contributed by atoms with Crippen molar-refractivity contribution in [2.75, 3.05) is 68.2 Å². The normalized spacial score (nSPS) is 10.3. The summed E-state index contributed by atoms with van der Waals surface area (Å²) in [5.41, 5.74) is 0. The second-order valence-electron chi connectivity index (χ2n) is 27.5. The molecule has 32 nitrogen and oxygen atoms in total. The lowest BCUT2D eigenvalue weighted by molar-refractivity contribution is -0.169. The van der Waals surface area contributed by atoms with Crippen LogP contribution >= 0.6 is 0 Å². The van der Waals surface area contributed by atoms with Crippen LogP contribution in [0.15, 0.2) is 0 Å². The summed E-state index contributed by atoms with van der Waals surface area (Å²) in [7, 11) is 2.29. The van der Waals surface area contributed by atoms with Crippen LogP contribution in [-0.4, -0.2) is 163 Å². The van der Waals surface area contributed by atoms with E-state index in [1.54, 1.807) is 13.8 Å². The highest BCUT2D eigenvalue weighted by Crippen LogP contribution is 2.18. The molecule has 2 N–H and O–H groups in total. The number of carboxylic acids is 2. The molecule has 0 aliphatic heterocycles. The average molecular weight is 1670 g/mol. The van der Waals surface area contributed by atoms with Gasteiger partial charge in [-0.1, -0.05) is 245 Å². The second-order valence-corrected chi connectivity index (χ2v) is 27.5. The zero-order valence-corrected chi connectivity index (χ0v) is 71.4. The van der Waals surface area contributed by atoms with Crippen molar-refractivity contribution in [1.82, 2.24) is 0 Å². The lowest BCUT2D eigenvalue weighted by atomic mass is 10.0. The van der Waals surface area contributed by atoms with E-state index < -0.39 is 87.6 Å². The van der Waals surface area contributed by atoms with Gasteiger partial charge in [-0.15, -0.1) is 0 Å². The van der Waals surface area contributed by atoms with Crippen LogP contribution in [0.2, 0.25) is 0 Å². The van der Waals surface area contributed by atoms with Gasteiger partial charge in [0, 0.05) is 64.2 Å². The molecule has 0 unspecified atom stereocenters. The molecule has 0 aromatic carbocycles. The van der Waals surface area contributed by atoms with E-state index in [9.17, 15) is 67.1 Å². The van der Waals surface area contributed by atoms with Gasteiger partial charge in [0.25, 0.3) is 0 Å². The zero-order chi connectivity index (χ0) is 86.7. The zero-order valence-electron chi connectivity index (χ0n) is 71.4. The number of hydrogen-bond donors (Lipinski definition) is 2. The summed E-state index contributed by atoms with van der Waals surface area (Å²) in [6.45, 7) is 5.58. The number of unbranched alkanes of at least 4 members (excludes halogenated alkanes) is 40. The fourth-order valence-corrected chi connectivity index (χ4v) is 10.8. The summed E-state index contributed by atoms with van der Waals surface area (Å²) in [4.78, 5) is 156. The molecule has 0 spiro atoms. The fourth-order valence-electron chi connectivity index (χ4n) is 10.8. The number of esters is 8. The molecular formula is C84H148O32. The summed E-state index contributed by atoms with van der Waals surface area (Å²) in [6, 6.07) is 0. The minimum Gasteiger partial charge on any atom is -0.481 e. The molecule has 32 heteroatoms. The van der Waals surface area contributed by atoms with Crippen LogP contribution in [0.5, 0.6) is 0 Å². The predicted molar refractivity (Wildman–Crippen MR) is 426 cm³/mol. The number of aliphatic carboxylic acids is 2. The Morgan fingerprint density at radius 1 is 0.172 bits per heavy atom. The molecule has 676 valence electrons. The van der Waals surface area contributed by atoms with E-state index in [0.29, 0.717) is 64.2 Å². The lowest BCUT2D eigenvalue weighted by Gasteiger charge is -2.07. The highest BCUT2D eigenvalue weighted by atomic mass is 16.8. The third-order valence-corrected chi connectivity index (χ3v) is 17.4. The smallest absolute Gasteiger partial charge is 0.481 e. The SMILES string of the molecule is CCCCCCCCCCCCCCCCCC(=O)OCOC(=O)CCCCCCC(=O)OCOC(=O)CCCCCCCCCCCCCCCCC.CCOC(=O)OCOC(=O)CCCCCCC(=O)OCOC(=O)OCC.COC(=O)OCOC(=O)CCCCCCC(=O)OCOC(=O)OC.O=C(O)CCCCCCC(=O)O. The summed E-state index contributed by atoms with van der Waals surface area (Å²) < 4.78 is 74.0. The number of ether oxygens (including phenoxy) is 16. The summed E-state index contributed by atoms with van der Waals surface area (Å²) >= 11 is 0. The van der Waals surface area contributed by atoms with Crippen molar-refractivity contribution >= 4 is 84.3 Å². The molecule has 0 aliphatic carbocycles. The van der Waals surface area contributed by atoms with Gasteiger partial charge in [0.1, 0.15) is 0 Å². The van der Waals surface area contributed by atoms with Crippen molar-refractivity contribution in [2.45, 2.75) is 387 Å². The summed E-state index contributed by atoms with van der Waals surface area (Å²) in [5.74, 6) is -4.92. The van der Waals surface area contributed by atoms with E-state index in [2.05, 4.69) is 61.2 Å². The molecule has 0 aromatic heterocycles. The molecule has 0 bridgehead atoms. The van der Waals surface area contributed by atoms with Crippen molar-refractivity contribution in [3.63, 3.8) is 0 Å². The quantitative estimate of drug-likeness (QED) is 0.0247. The number of methoxy groups -OCH3 is 2. The molecule has 0 aliphatic rings. The molecule has 0 heterocycles. The Morgan fingerprint density at radius 3 is 0.457 bits per heavy atom. The highest BCUT2D eigenvalue weighted by Gasteiger charge is 2.14. The number of carboxylic acid groups (broad SMARTS) is 2. The van der Waals surface area contributed by atoms with E-state index in [4.69, 9.17) is 38.6 Å². The Hall–Kier alpha value is -8.22. The Balaban J connectivity index is -0.000000833. The maximum atomic E-state index is 11.9. The maximum absolute atomic E-state index is 11.9. The van der Waals surface area contributed by atoms with E-state index in [0.717, 1.165) is 104 Å². The van der Waals surface area contributed by atoms with Gasteiger partial charge >= 0.3 is 84.3 Å². The topological polar surface area (TPSA) is 427 Å². The number of rotatable bonds is 74. The van der Waals surface area contributed by atoms with Gasteiger partial charge in [-0.2, -0.15) is 0 Å². The van der Waals surface area contributed by atoms with Crippen LogP contribution in [0, 0.1) is 0 Å². The first kappa shape index (κ1) is 114. The van der Waals surface area contributed by atoms with Crippen molar-refractivity contribution in [1.29, 1.82) is 0 Å². The third-order valence-electron chi connectivity index (χ3n) is 17.4. The molecule has 0 aromatic rings. The third kappa shape index (κ3) is 100.0. The molecule has 116 heavy (non-hydrogen) atoms. The molecule has 0 saturated heterocycles. The standard InChI is InChI=1S/C46H86O8.C16H26O10.C14H22O10.C8H14O4/c1-3-5-7-9-11-13-15-17-19-21-23-25-27-29-33-37-43(47)51-41-53-45(49)39-35-31-32-36-40-46(50)54-42-52-44(48)38-34-30-28-26-24-22-20-18-16-14-12-10-8-6-4-2;1-3-21-15(19)25-11-23-13(17)9-7-5-6-8-10-14(18)24-12-26-16(20)22-4-2;1-19-13(17)23-9-21-11(15)7-5-3-4-6-8-12(16)22-10-24-14(18)20-2;9-7(10)5-3-1-2-4-6-8(11)12/h3-42H2,1-2H3;3-12H2,1-2H3;3-10H2,1-2H3;1-6H2,(H,9,10)(H,11,12). The molecule has 0 fully saturated rings. The van der Waals surface area contributed by atoms with Crippen molar-refractivity contribution in [3.05, 3.63) is 0 Å². The van der Waals surface area contributed by atoms with Crippen LogP contribution in [-0.2, 0) is 124 Å². The first-order valence-electron chi connectivity index (χ1n) is 42.8. The molecule has 0 amide bonds. The van der Waals surface area contributed by atoms with Crippen molar-refractivity contribution in [3.8, 4) is 0 Å². The van der Waals surface area contributed by atoms with Crippen LogP contribution in [0.4, 0.5) is 19.2 Å². The Bertz CT molecular complexity index is 2290. The first-order chi connectivity index (χ1) is 56.1. The monoisotopic (exact) mass is 1670 g/mol. The van der Waals surface area contributed by atoms with E-state index in [1.807, 2.05) is 0 Å². The van der Waals surface area contributed by atoms with Crippen LogP contribution in [0.3, 0.4) is 0 Å². The van der Waals surface area contributed by atoms with E-state index in [1.165, 1.54) is 154 Å². The van der Waals surface area contributed by atoms with Gasteiger partial charge in [-0.25, -0.2) is 19.2 Å². The van der Waals surface area contributed by atoms with Gasteiger partial charge in [-0.3, -0.25) is 47.9 Å². The Labute approximate surface area is 690 Å². The summed E-state index contributed by atoms with van der Waals surface area (Å²) in [6.07, 6.45) is 48.0. The second kappa shape index (κ2) is 92.3. The van der Waals surface area contributed by atoms with Crippen LogP contribution in [0.25, 0.3) is 0 Å². The van der Waals surface area contributed by atoms with Gasteiger partial charge in [0.05, 0.1) is 27.4 Å². The molecular weight excluding hydrogens is 1520 g/mol. The molecule has 0 radical (unpaired) electrons. The molecule has 0 atom stereocenters. The number of carbonyl (C=O) groups is 14. The van der Waals surface area contributed by atoms with Crippen molar-refractivity contribution in [2.24, 2.45) is 0 Å². The predicted octanol–water partition coefficient (Wildman–Crippen LogP) is 20.0. The van der Waals surface area contributed by atoms with E-state index >= 15 is 0 Å². The van der Waals surface area contributed by atoms with Crippen LogP contribution in [0.1, 0.15) is 387 Å². The van der Waals surface area contributed by atoms with Crippen molar-refractivity contribution < 1.29 is 153 Å². The van der Waals surface area contributed by atoms with Gasteiger partial charge < -0.3 is 86.0 Å². The first-order valence-corrected chi connectivity index (χ1v) is 42.8. The minimum absolute atomic E-state index is 0.179. The minimum atomic E-state index is -0.924. The van der Waals surface area contributed by atoms with Gasteiger partial charge in [0.15, 0.2) is 0 Å². The van der Waals surface area contributed by atoms with E-state index in [-0.39, 0.29) is 102 Å². The number of carbonyl (C=O) groups excluding carboxylic acids is 12. The fraction of sp³-hybridized carbons (Fsp3) is 0.833. The largest absolute Gasteiger partial charge is 0.511 e. The van der Waals surface area contributed by atoms with Crippen LogP contribution < -0.4 is 0 Å². The lowest BCUT2D eigenvalue weighted by Crippen LogP contribution is -2.14.